The summed E-state index contributed by atoms with van der Waals surface area (Å²) in [7, 11) is 0. The van der Waals surface area contributed by atoms with Crippen molar-refractivity contribution in [3.63, 3.8) is 0 Å². The van der Waals surface area contributed by atoms with Crippen molar-refractivity contribution in [2.45, 2.75) is 51.6 Å². The normalized spacial score (nSPS) is 19.8. The molecular formula is C19H25N3O5. The lowest BCUT2D eigenvalue weighted by atomic mass is 9.91. The molecule has 1 aromatic carbocycles. The summed E-state index contributed by atoms with van der Waals surface area (Å²) in [5, 5.41) is 14.1. The van der Waals surface area contributed by atoms with Crippen LogP contribution >= 0.6 is 0 Å². The molecule has 1 heterocycles. The number of carboxylic acid groups (broad SMARTS) is 1. The Morgan fingerprint density at radius 1 is 1.22 bits per heavy atom. The molecule has 0 spiro atoms. The second kappa shape index (κ2) is 7.38. The Kier molecular flexibility index (Phi) is 5.58. The number of rotatable bonds is 7. The molecule has 8 nitrogen and oxygen atoms in total. The summed E-state index contributed by atoms with van der Waals surface area (Å²) in [6.07, 6.45) is 0.136. The van der Waals surface area contributed by atoms with Gasteiger partial charge in [0, 0.05) is 12.0 Å². The van der Waals surface area contributed by atoms with Crippen molar-refractivity contribution >= 4 is 23.8 Å². The van der Waals surface area contributed by atoms with Crippen LogP contribution in [-0.2, 0) is 19.9 Å². The van der Waals surface area contributed by atoms with Gasteiger partial charge in [-0.15, -0.1) is 0 Å². The van der Waals surface area contributed by atoms with E-state index in [1.807, 2.05) is 19.1 Å². The quantitative estimate of drug-likeness (QED) is 0.625. The van der Waals surface area contributed by atoms with Gasteiger partial charge in [-0.25, -0.2) is 4.79 Å². The smallest absolute Gasteiger partial charge is 0.325 e. The number of carbonyl (C=O) groups is 4. The predicted octanol–water partition coefficient (Wildman–Crippen LogP) is 1.52. The molecule has 0 saturated carbocycles. The summed E-state index contributed by atoms with van der Waals surface area (Å²) < 4.78 is 0. The van der Waals surface area contributed by atoms with Crippen LogP contribution in [0.2, 0.25) is 0 Å². The van der Waals surface area contributed by atoms with Gasteiger partial charge in [0.25, 0.3) is 5.91 Å². The maximum Gasteiger partial charge on any atom is 0.325 e. The minimum absolute atomic E-state index is 0.0953. The summed E-state index contributed by atoms with van der Waals surface area (Å²) in [6, 6.07) is 6.60. The van der Waals surface area contributed by atoms with Crippen LogP contribution in [0, 0.1) is 6.92 Å². The van der Waals surface area contributed by atoms with E-state index in [4.69, 9.17) is 5.11 Å². The molecule has 3 N–H and O–H groups in total. The predicted molar refractivity (Wildman–Crippen MR) is 97.9 cm³/mol. The third kappa shape index (κ3) is 4.64. The van der Waals surface area contributed by atoms with Gasteiger partial charge in [-0.05, 0) is 39.7 Å². The van der Waals surface area contributed by atoms with Crippen LogP contribution in [0.15, 0.2) is 24.3 Å². The fourth-order valence-electron chi connectivity index (χ4n) is 2.97. The van der Waals surface area contributed by atoms with Crippen LogP contribution in [-0.4, -0.2) is 45.9 Å². The molecule has 1 fully saturated rings. The highest BCUT2D eigenvalue weighted by Crippen LogP contribution is 2.28. The van der Waals surface area contributed by atoms with E-state index in [2.05, 4.69) is 10.6 Å². The van der Waals surface area contributed by atoms with Crippen molar-refractivity contribution in [1.29, 1.82) is 0 Å². The number of amides is 4. The zero-order valence-corrected chi connectivity index (χ0v) is 16.0. The number of benzene rings is 1. The molecule has 1 aliphatic rings. The summed E-state index contributed by atoms with van der Waals surface area (Å²) in [6.45, 7) is 6.48. The highest BCUT2D eigenvalue weighted by molar-refractivity contribution is 6.09. The van der Waals surface area contributed by atoms with Crippen LogP contribution in [0.25, 0.3) is 0 Å². The van der Waals surface area contributed by atoms with Crippen molar-refractivity contribution in [3.8, 4) is 0 Å². The van der Waals surface area contributed by atoms with E-state index in [1.165, 1.54) is 0 Å². The zero-order chi connectivity index (χ0) is 20.4. The molecule has 0 radical (unpaired) electrons. The van der Waals surface area contributed by atoms with Crippen molar-refractivity contribution in [2.24, 2.45) is 0 Å². The van der Waals surface area contributed by atoms with Crippen LogP contribution in [0.5, 0.6) is 0 Å². The lowest BCUT2D eigenvalue weighted by Gasteiger charge is -2.27. The van der Waals surface area contributed by atoms with E-state index in [0.29, 0.717) is 5.56 Å². The van der Waals surface area contributed by atoms with Gasteiger partial charge in [-0.1, -0.05) is 29.8 Å². The third-order valence-corrected chi connectivity index (χ3v) is 4.65. The molecule has 4 amide bonds. The first kappa shape index (κ1) is 20.4. The SMILES string of the molecule is Cc1ccc(C2(C)NC(=O)N(CC(=O)NC(C)(C)CCC(=O)O)C2=O)cc1. The minimum Gasteiger partial charge on any atom is -0.481 e. The summed E-state index contributed by atoms with van der Waals surface area (Å²) in [4.78, 5) is 49.0. The number of nitrogens with one attached hydrogen (secondary N) is 2. The second-order valence-electron chi connectivity index (χ2n) is 7.64. The molecule has 1 saturated heterocycles. The molecular weight excluding hydrogens is 350 g/mol. The van der Waals surface area contributed by atoms with Gasteiger partial charge in [-0.3, -0.25) is 19.3 Å². The Bertz CT molecular complexity index is 772. The molecule has 1 aromatic rings. The van der Waals surface area contributed by atoms with Gasteiger partial charge in [0.2, 0.25) is 5.91 Å². The van der Waals surface area contributed by atoms with Gasteiger partial charge in [0.1, 0.15) is 12.1 Å². The average molecular weight is 375 g/mol. The molecule has 1 aliphatic heterocycles. The molecule has 8 heteroatoms. The molecule has 0 bridgehead atoms. The summed E-state index contributed by atoms with van der Waals surface area (Å²) >= 11 is 0. The van der Waals surface area contributed by atoms with Gasteiger partial charge >= 0.3 is 12.0 Å². The first-order valence-electron chi connectivity index (χ1n) is 8.69. The Morgan fingerprint density at radius 2 is 1.81 bits per heavy atom. The first-order valence-corrected chi connectivity index (χ1v) is 8.69. The topological polar surface area (TPSA) is 116 Å². The first-order chi connectivity index (χ1) is 12.4. The zero-order valence-electron chi connectivity index (χ0n) is 16.0. The standard InChI is InChI=1S/C19H25N3O5/c1-12-5-7-13(8-6-12)19(4)16(26)22(17(27)21-19)11-14(23)20-18(2,3)10-9-15(24)25/h5-8H,9-11H2,1-4H3,(H,20,23)(H,21,27)(H,24,25). The molecule has 2 rings (SSSR count). The monoisotopic (exact) mass is 375 g/mol. The Balaban J connectivity index is 2.07. The van der Waals surface area contributed by atoms with E-state index >= 15 is 0 Å². The van der Waals surface area contributed by atoms with E-state index < -0.39 is 41.4 Å². The van der Waals surface area contributed by atoms with Gasteiger partial charge in [0.15, 0.2) is 0 Å². The lowest BCUT2D eigenvalue weighted by Crippen LogP contribution is -2.49. The second-order valence-corrected chi connectivity index (χ2v) is 7.64. The molecule has 27 heavy (non-hydrogen) atoms. The van der Waals surface area contributed by atoms with Gasteiger partial charge < -0.3 is 15.7 Å². The molecule has 0 aliphatic carbocycles. The molecule has 146 valence electrons. The number of carbonyl (C=O) groups excluding carboxylic acids is 3. The number of imide groups is 1. The van der Waals surface area contributed by atoms with Crippen LogP contribution in [0.4, 0.5) is 4.79 Å². The van der Waals surface area contributed by atoms with Crippen molar-refractivity contribution in [2.75, 3.05) is 6.54 Å². The van der Waals surface area contributed by atoms with Crippen LogP contribution in [0.1, 0.15) is 44.7 Å². The van der Waals surface area contributed by atoms with Crippen LogP contribution < -0.4 is 10.6 Å². The van der Waals surface area contributed by atoms with E-state index in [1.54, 1.807) is 32.9 Å². The van der Waals surface area contributed by atoms with E-state index in [-0.39, 0.29) is 12.8 Å². The average Bonchev–Trinajstić information content (AvgIpc) is 2.77. The Hall–Kier alpha value is -2.90. The fourth-order valence-corrected chi connectivity index (χ4v) is 2.97. The van der Waals surface area contributed by atoms with Gasteiger partial charge in [-0.2, -0.15) is 0 Å². The summed E-state index contributed by atoms with van der Waals surface area (Å²) in [5.41, 5.74) is -0.339. The number of hydrogen-bond donors (Lipinski definition) is 3. The molecule has 1 atom stereocenters. The van der Waals surface area contributed by atoms with Gasteiger partial charge in [0.05, 0.1) is 0 Å². The highest BCUT2D eigenvalue weighted by atomic mass is 16.4. The number of aryl methyl sites for hydroxylation is 1. The number of carboxylic acids is 1. The molecule has 0 aromatic heterocycles. The number of aliphatic carboxylic acids is 1. The Labute approximate surface area is 157 Å². The van der Waals surface area contributed by atoms with Crippen LogP contribution in [0.3, 0.4) is 0 Å². The maximum atomic E-state index is 12.8. The fraction of sp³-hybridized carbons (Fsp3) is 0.474. The highest BCUT2D eigenvalue weighted by Gasteiger charge is 2.49. The minimum atomic E-state index is -1.23. The largest absolute Gasteiger partial charge is 0.481 e. The van der Waals surface area contributed by atoms with E-state index in [9.17, 15) is 19.2 Å². The lowest BCUT2D eigenvalue weighted by molar-refractivity contribution is -0.138. The van der Waals surface area contributed by atoms with Crippen molar-refractivity contribution in [1.82, 2.24) is 15.5 Å². The Morgan fingerprint density at radius 3 is 2.37 bits per heavy atom. The number of hydrogen-bond acceptors (Lipinski definition) is 4. The van der Waals surface area contributed by atoms with Crippen molar-refractivity contribution < 1.29 is 24.3 Å². The summed E-state index contributed by atoms with van der Waals surface area (Å²) in [5.74, 6) is -1.99. The third-order valence-electron chi connectivity index (χ3n) is 4.65. The number of urea groups is 1. The maximum absolute atomic E-state index is 12.8. The van der Waals surface area contributed by atoms with E-state index in [0.717, 1.165) is 10.5 Å². The molecule has 1 unspecified atom stereocenters. The number of nitrogens with zero attached hydrogens (tertiary/aromatic N) is 1. The van der Waals surface area contributed by atoms with Crippen molar-refractivity contribution in [3.05, 3.63) is 35.4 Å².